The molecule has 2 fully saturated rings. The van der Waals surface area contributed by atoms with Gasteiger partial charge in [0.15, 0.2) is 0 Å². The van der Waals surface area contributed by atoms with Gasteiger partial charge in [-0.25, -0.2) is 8.78 Å². The molecule has 33 heavy (non-hydrogen) atoms. The maximum atomic E-state index is 14.6. The number of hydrogen-bond acceptors (Lipinski definition) is 2. The van der Waals surface area contributed by atoms with Crippen LogP contribution in [0.4, 0.5) is 14.5 Å². The quantitative estimate of drug-likeness (QED) is 0.477. The van der Waals surface area contributed by atoms with Gasteiger partial charge in [0.05, 0.1) is 5.69 Å². The van der Waals surface area contributed by atoms with Crippen LogP contribution in [0.15, 0.2) is 47.4 Å². The minimum atomic E-state index is -3.13. The first-order valence-electron chi connectivity index (χ1n) is 11.7. The molecule has 5 rings (SSSR count). The van der Waals surface area contributed by atoms with E-state index in [9.17, 15) is 18.4 Å². The smallest absolute Gasteiger partial charge is 0.272 e. The molecule has 2 saturated carbocycles. The topological polar surface area (TPSA) is 62.0 Å². The van der Waals surface area contributed by atoms with Crippen molar-refractivity contribution in [2.75, 3.05) is 5.32 Å². The van der Waals surface area contributed by atoms with Crippen molar-refractivity contribution >= 4 is 22.5 Å². The van der Waals surface area contributed by atoms with Gasteiger partial charge in [0.25, 0.3) is 11.8 Å². The van der Waals surface area contributed by atoms with E-state index in [4.69, 9.17) is 0 Å². The number of nitrogens with one attached hydrogen (secondary N) is 2. The molecule has 2 aromatic carbocycles. The van der Waals surface area contributed by atoms with E-state index in [0.29, 0.717) is 28.7 Å². The normalized spacial score (nSPS) is 22.5. The van der Waals surface area contributed by atoms with Crippen molar-refractivity contribution in [1.29, 1.82) is 0 Å². The number of rotatable bonds is 4. The Morgan fingerprint density at radius 3 is 2.48 bits per heavy atom. The molecule has 1 amide bonds. The van der Waals surface area contributed by atoms with Gasteiger partial charge in [0, 0.05) is 29.6 Å². The van der Waals surface area contributed by atoms with E-state index >= 15 is 0 Å². The second-order valence-corrected chi connectivity index (χ2v) is 9.78. The lowest BCUT2D eigenvalue weighted by Crippen LogP contribution is -2.24. The molecule has 2 bridgehead atoms. The Bertz CT molecular complexity index is 1280. The molecule has 3 atom stereocenters. The number of alkyl halides is 2. The third kappa shape index (κ3) is 3.96. The lowest BCUT2D eigenvalue weighted by atomic mass is 9.74. The van der Waals surface area contributed by atoms with Crippen LogP contribution in [0.2, 0.25) is 0 Å². The summed E-state index contributed by atoms with van der Waals surface area (Å²) < 4.78 is 29.3. The van der Waals surface area contributed by atoms with E-state index in [-0.39, 0.29) is 16.8 Å². The Morgan fingerprint density at radius 2 is 1.79 bits per heavy atom. The van der Waals surface area contributed by atoms with Gasteiger partial charge in [-0.05, 0) is 80.2 Å². The number of aromatic nitrogens is 1. The standard InChI is InChI=1S/C27H28F2N2O2/c1-15-6-10-22-19(12-15)25(32)20(14-30-22)26(33)31-23-11-9-18(13-21(23)27(2,28)29)24-16-4-3-5-17(24)8-7-16/h6,9-14,16-17,24H,3-5,7-8H2,1-2H3,(H,30,32)(H,31,33)/t16-,17?,24?/m1/s1. The Morgan fingerprint density at radius 1 is 1.06 bits per heavy atom. The first kappa shape index (κ1) is 21.8. The van der Waals surface area contributed by atoms with E-state index in [0.717, 1.165) is 43.7 Å². The first-order chi connectivity index (χ1) is 15.7. The van der Waals surface area contributed by atoms with Crippen LogP contribution in [0.3, 0.4) is 0 Å². The van der Waals surface area contributed by atoms with Gasteiger partial charge in [0.2, 0.25) is 5.43 Å². The van der Waals surface area contributed by atoms with E-state index in [1.165, 1.54) is 12.6 Å². The molecule has 0 aliphatic heterocycles. The highest BCUT2D eigenvalue weighted by Gasteiger charge is 2.40. The van der Waals surface area contributed by atoms with Crippen molar-refractivity contribution < 1.29 is 13.6 Å². The van der Waals surface area contributed by atoms with Crippen molar-refractivity contribution in [2.24, 2.45) is 11.8 Å². The summed E-state index contributed by atoms with van der Waals surface area (Å²) in [6.45, 7) is 2.71. The summed E-state index contributed by atoms with van der Waals surface area (Å²) in [6, 6.07) is 10.4. The van der Waals surface area contributed by atoms with Crippen molar-refractivity contribution in [1.82, 2.24) is 4.98 Å². The van der Waals surface area contributed by atoms with Crippen LogP contribution in [-0.4, -0.2) is 10.9 Å². The maximum absolute atomic E-state index is 14.6. The molecule has 0 spiro atoms. The van der Waals surface area contributed by atoms with Crippen molar-refractivity contribution in [3.63, 3.8) is 0 Å². The first-order valence-corrected chi connectivity index (χ1v) is 11.7. The van der Waals surface area contributed by atoms with Crippen LogP contribution in [0, 0.1) is 18.8 Å². The van der Waals surface area contributed by atoms with E-state index in [1.54, 1.807) is 24.3 Å². The minimum absolute atomic E-state index is 0.0446. The van der Waals surface area contributed by atoms with Crippen LogP contribution < -0.4 is 10.7 Å². The largest absolute Gasteiger partial charge is 0.360 e. The Hall–Kier alpha value is -3.02. The van der Waals surface area contributed by atoms with Gasteiger partial charge < -0.3 is 10.3 Å². The Labute approximate surface area is 191 Å². The van der Waals surface area contributed by atoms with Crippen molar-refractivity contribution in [2.45, 2.75) is 57.8 Å². The summed E-state index contributed by atoms with van der Waals surface area (Å²) in [5.74, 6) is -2.39. The van der Waals surface area contributed by atoms with E-state index < -0.39 is 17.3 Å². The summed E-state index contributed by atoms with van der Waals surface area (Å²) in [5, 5.41) is 2.98. The van der Waals surface area contributed by atoms with Gasteiger partial charge in [-0.1, -0.05) is 24.1 Å². The predicted molar refractivity (Wildman–Crippen MR) is 126 cm³/mol. The lowest BCUT2D eigenvalue weighted by Gasteiger charge is -2.31. The SMILES string of the molecule is Cc1ccc2[nH]cc(C(=O)Nc3ccc(C4C5CCC[C@@H]4CC5)cc3C(C)(F)F)c(=O)c2c1. The maximum Gasteiger partial charge on any atom is 0.272 e. The highest BCUT2D eigenvalue weighted by Crippen LogP contribution is 2.52. The van der Waals surface area contributed by atoms with Crippen LogP contribution in [0.5, 0.6) is 0 Å². The molecule has 4 nitrogen and oxygen atoms in total. The zero-order valence-electron chi connectivity index (χ0n) is 18.9. The number of aromatic amines is 1. The lowest BCUT2D eigenvalue weighted by molar-refractivity contribution is 0.0181. The van der Waals surface area contributed by atoms with Crippen LogP contribution in [-0.2, 0) is 5.92 Å². The number of pyridine rings is 1. The molecule has 1 heterocycles. The third-order valence-corrected chi connectivity index (χ3v) is 7.50. The average Bonchev–Trinajstić information content (AvgIpc) is 3.02. The molecule has 2 N–H and O–H groups in total. The fourth-order valence-corrected chi connectivity index (χ4v) is 5.94. The van der Waals surface area contributed by atoms with Gasteiger partial charge >= 0.3 is 0 Å². The number of carbonyl (C=O) groups excluding carboxylic acids is 1. The van der Waals surface area contributed by atoms with Gasteiger partial charge in [-0.2, -0.15) is 0 Å². The molecule has 2 aliphatic rings. The van der Waals surface area contributed by atoms with Gasteiger partial charge in [-0.15, -0.1) is 0 Å². The highest BCUT2D eigenvalue weighted by molar-refractivity contribution is 6.06. The number of carbonyl (C=O) groups is 1. The number of anilines is 1. The summed E-state index contributed by atoms with van der Waals surface area (Å²) in [5.41, 5.74) is 1.77. The summed E-state index contributed by atoms with van der Waals surface area (Å²) in [7, 11) is 0. The molecule has 2 aliphatic carbocycles. The summed E-state index contributed by atoms with van der Waals surface area (Å²) in [4.78, 5) is 28.8. The molecule has 0 radical (unpaired) electrons. The summed E-state index contributed by atoms with van der Waals surface area (Å²) in [6.07, 6.45) is 7.19. The van der Waals surface area contributed by atoms with Gasteiger partial charge in [0.1, 0.15) is 5.56 Å². The monoisotopic (exact) mass is 450 g/mol. The number of fused-ring (bicyclic) bond motifs is 3. The zero-order chi connectivity index (χ0) is 23.3. The summed E-state index contributed by atoms with van der Waals surface area (Å²) >= 11 is 0. The molecule has 0 saturated heterocycles. The van der Waals surface area contributed by atoms with Crippen LogP contribution in [0.1, 0.15) is 72.0 Å². The number of aryl methyl sites for hydroxylation is 1. The fourth-order valence-electron chi connectivity index (χ4n) is 5.94. The van der Waals surface area contributed by atoms with E-state index in [2.05, 4.69) is 10.3 Å². The second kappa shape index (κ2) is 8.08. The molecular weight excluding hydrogens is 422 g/mol. The fraction of sp³-hybridized carbons (Fsp3) is 0.407. The van der Waals surface area contributed by atoms with Crippen LogP contribution in [0.25, 0.3) is 10.9 Å². The minimum Gasteiger partial charge on any atom is -0.360 e. The third-order valence-electron chi connectivity index (χ3n) is 7.50. The Balaban J connectivity index is 1.49. The number of amides is 1. The van der Waals surface area contributed by atoms with Gasteiger partial charge in [-0.3, -0.25) is 9.59 Å². The van der Waals surface area contributed by atoms with E-state index in [1.807, 2.05) is 19.1 Å². The van der Waals surface area contributed by atoms with Crippen LogP contribution >= 0.6 is 0 Å². The average molecular weight is 451 g/mol. The molecule has 6 heteroatoms. The molecule has 2 unspecified atom stereocenters. The number of halogens is 2. The predicted octanol–water partition coefficient (Wildman–Crippen LogP) is 6.49. The molecule has 1 aromatic heterocycles. The highest BCUT2D eigenvalue weighted by atomic mass is 19.3. The number of H-pyrrole nitrogens is 1. The second-order valence-electron chi connectivity index (χ2n) is 9.78. The molecule has 3 aromatic rings. The molecule has 172 valence electrons. The number of hydrogen-bond donors (Lipinski definition) is 2. The van der Waals surface area contributed by atoms with Crippen molar-refractivity contribution in [3.05, 3.63) is 75.1 Å². The zero-order valence-corrected chi connectivity index (χ0v) is 18.9. The Kier molecular flexibility index (Phi) is 5.34. The molecular formula is C27H28F2N2O2. The number of benzene rings is 2. The van der Waals surface area contributed by atoms with Crippen molar-refractivity contribution in [3.8, 4) is 0 Å².